The van der Waals surface area contributed by atoms with Crippen LogP contribution in [0.1, 0.15) is 58.8 Å². The van der Waals surface area contributed by atoms with E-state index in [0.717, 1.165) is 32.1 Å². The van der Waals surface area contributed by atoms with Gasteiger partial charge in [-0.05, 0) is 81.1 Å². The third kappa shape index (κ3) is 1.98. The minimum Gasteiger partial charge on any atom is -0.382 e. The summed E-state index contributed by atoms with van der Waals surface area (Å²) in [6, 6.07) is 0. The Morgan fingerprint density at radius 2 is 1.96 bits per heavy atom. The third-order valence-electron chi connectivity index (χ3n) is 8.10. The molecular formula is C20H28O3. The highest BCUT2D eigenvalue weighted by Gasteiger charge is 2.64. The van der Waals surface area contributed by atoms with E-state index in [1.807, 2.05) is 0 Å². The van der Waals surface area contributed by atoms with Crippen molar-refractivity contribution in [3.63, 3.8) is 0 Å². The molecular weight excluding hydrogens is 288 g/mol. The molecule has 1 N–H and O–H groups in total. The highest BCUT2D eigenvalue weighted by atomic mass is 16.3. The van der Waals surface area contributed by atoms with E-state index in [4.69, 9.17) is 0 Å². The van der Waals surface area contributed by atoms with Crippen molar-refractivity contribution in [1.82, 2.24) is 0 Å². The lowest BCUT2D eigenvalue weighted by Gasteiger charge is -2.55. The highest BCUT2D eigenvalue weighted by Crippen LogP contribution is 2.64. The van der Waals surface area contributed by atoms with Gasteiger partial charge in [0, 0.05) is 11.8 Å². The summed E-state index contributed by atoms with van der Waals surface area (Å²) in [5.74, 6) is 3.04. The van der Waals surface area contributed by atoms with Crippen LogP contribution in [0, 0.1) is 35.0 Å². The molecule has 126 valence electrons. The standard InChI is InChI=1S/C20H28O3/c1-12(21)20(23)10-8-18-17-5-3-13-11-14(22)4-6-15(13)16(17)7-9-19(18,20)2/h4,6,13,15-18,23H,3,5,7-11H2,1-2H3/t13-,15+,16-,17-,18+,19+,20+/m1/s1. The summed E-state index contributed by atoms with van der Waals surface area (Å²) in [4.78, 5) is 23.9. The second kappa shape index (κ2) is 5.02. The molecule has 0 saturated heterocycles. The van der Waals surface area contributed by atoms with Gasteiger partial charge in [-0.25, -0.2) is 0 Å². The molecule has 7 atom stereocenters. The molecule has 4 rings (SSSR count). The monoisotopic (exact) mass is 316 g/mol. The van der Waals surface area contributed by atoms with E-state index in [0.29, 0.717) is 36.0 Å². The van der Waals surface area contributed by atoms with Crippen molar-refractivity contribution in [3.05, 3.63) is 12.2 Å². The zero-order chi connectivity index (χ0) is 16.4. The fraction of sp³-hybridized carbons (Fsp3) is 0.800. The first-order valence-electron chi connectivity index (χ1n) is 9.31. The Labute approximate surface area is 138 Å². The lowest BCUT2D eigenvalue weighted by Crippen LogP contribution is -2.56. The number of hydrogen-bond donors (Lipinski definition) is 1. The van der Waals surface area contributed by atoms with Crippen LogP contribution in [0.2, 0.25) is 0 Å². The zero-order valence-corrected chi connectivity index (χ0v) is 14.3. The molecule has 0 aromatic carbocycles. The Morgan fingerprint density at radius 3 is 2.70 bits per heavy atom. The molecule has 0 aromatic heterocycles. The van der Waals surface area contributed by atoms with Gasteiger partial charge in [-0.15, -0.1) is 0 Å². The molecule has 0 aliphatic heterocycles. The predicted molar refractivity (Wildman–Crippen MR) is 87.7 cm³/mol. The SMILES string of the molecule is CC(=O)[C@@]1(O)CC[C@H]2[C@@H]3CC[C@@H]4CC(=O)C=C[C@@H]4[C@H]3CC[C@@]21C. The molecule has 0 spiro atoms. The predicted octanol–water partition coefficient (Wildman–Crippen LogP) is 3.30. The van der Waals surface area contributed by atoms with Gasteiger partial charge in [0.05, 0.1) is 0 Å². The molecule has 3 saturated carbocycles. The van der Waals surface area contributed by atoms with Crippen LogP contribution in [-0.4, -0.2) is 22.3 Å². The number of fused-ring (bicyclic) bond motifs is 5. The average molecular weight is 316 g/mol. The Bertz CT molecular complexity index is 579. The van der Waals surface area contributed by atoms with E-state index >= 15 is 0 Å². The van der Waals surface area contributed by atoms with Gasteiger partial charge in [0.25, 0.3) is 0 Å². The molecule has 4 aliphatic carbocycles. The lowest BCUT2D eigenvalue weighted by atomic mass is 9.49. The van der Waals surface area contributed by atoms with Gasteiger partial charge in [0.2, 0.25) is 0 Å². The fourth-order valence-corrected chi connectivity index (χ4v) is 6.84. The van der Waals surface area contributed by atoms with Crippen molar-refractivity contribution in [2.75, 3.05) is 0 Å². The first-order chi connectivity index (χ1) is 10.9. The smallest absolute Gasteiger partial charge is 0.161 e. The molecule has 0 unspecified atom stereocenters. The van der Waals surface area contributed by atoms with Crippen molar-refractivity contribution in [1.29, 1.82) is 0 Å². The van der Waals surface area contributed by atoms with Gasteiger partial charge in [-0.3, -0.25) is 9.59 Å². The summed E-state index contributed by atoms with van der Waals surface area (Å²) in [5, 5.41) is 11.1. The van der Waals surface area contributed by atoms with Crippen molar-refractivity contribution >= 4 is 11.6 Å². The largest absolute Gasteiger partial charge is 0.382 e. The van der Waals surface area contributed by atoms with E-state index in [1.54, 1.807) is 13.0 Å². The topological polar surface area (TPSA) is 54.4 Å². The third-order valence-corrected chi connectivity index (χ3v) is 8.10. The number of allylic oxidation sites excluding steroid dienone is 2. The van der Waals surface area contributed by atoms with Gasteiger partial charge in [0.1, 0.15) is 5.60 Å². The van der Waals surface area contributed by atoms with E-state index in [1.165, 1.54) is 6.42 Å². The van der Waals surface area contributed by atoms with Crippen LogP contribution in [0.3, 0.4) is 0 Å². The van der Waals surface area contributed by atoms with Crippen molar-refractivity contribution in [2.45, 2.75) is 64.4 Å². The maximum absolute atomic E-state index is 12.2. The van der Waals surface area contributed by atoms with Crippen LogP contribution in [0.4, 0.5) is 0 Å². The zero-order valence-electron chi connectivity index (χ0n) is 14.3. The van der Waals surface area contributed by atoms with Crippen LogP contribution in [0.5, 0.6) is 0 Å². The van der Waals surface area contributed by atoms with Crippen LogP contribution in [0.15, 0.2) is 12.2 Å². The number of rotatable bonds is 1. The Balaban J connectivity index is 1.65. The van der Waals surface area contributed by atoms with E-state index in [-0.39, 0.29) is 17.0 Å². The average Bonchev–Trinajstić information content (AvgIpc) is 2.80. The Hall–Kier alpha value is -0.960. The molecule has 4 aliphatic rings. The Morgan fingerprint density at radius 1 is 1.17 bits per heavy atom. The quantitative estimate of drug-likeness (QED) is 0.807. The number of hydrogen-bond acceptors (Lipinski definition) is 3. The number of Topliss-reactive ketones (excluding diaryl/α,β-unsaturated/α-hetero) is 1. The molecule has 3 nitrogen and oxygen atoms in total. The lowest BCUT2D eigenvalue weighted by molar-refractivity contribution is -0.159. The number of aliphatic hydroxyl groups is 1. The second-order valence-electron chi connectivity index (χ2n) is 8.79. The number of carbonyl (C=O) groups excluding carboxylic acids is 2. The van der Waals surface area contributed by atoms with Gasteiger partial charge in [-0.2, -0.15) is 0 Å². The van der Waals surface area contributed by atoms with E-state index in [9.17, 15) is 14.7 Å². The van der Waals surface area contributed by atoms with Gasteiger partial charge in [-0.1, -0.05) is 13.0 Å². The fourth-order valence-electron chi connectivity index (χ4n) is 6.84. The van der Waals surface area contributed by atoms with E-state index in [2.05, 4.69) is 13.0 Å². The summed E-state index contributed by atoms with van der Waals surface area (Å²) in [6.45, 7) is 3.72. The van der Waals surface area contributed by atoms with Crippen molar-refractivity contribution < 1.29 is 14.7 Å². The van der Waals surface area contributed by atoms with Gasteiger partial charge in [0.15, 0.2) is 11.6 Å². The molecule has 0 aromatic rings. The second-order valence-corrected chi connectivity index (χ2v) is 8.79. The number of ketones is 2. The number of carbonyl (C=O) groups is 2. The van der Waals surface area contributed by atoms with Crippen LogP contribution in [0.25, 0.3) is 0 Å². The van der Waals surface area contributed by atoms with Crippen molar-refractivity contribution in [3.8, 4) is 0 Å². The molecule has 23 heavy (non-hydrogen) atoms. The summed E-state index contributed by atoms with van der Waals surface area (Å²) in [7, 11) is 0. The van der Waals surface area contributed by atoms with Crippen LogP contribution < -0.4 is 0 Å². The maximum Gasteiger partial charge on any atom is 0.161 e. The summed E-state index contributed by atoms with van der Waals surface area (Å²) in [6.07, 6.45) is 10.7. The van der Waals surface area contributed by atoms with Crippen LogP contribution in [-0.2, 0) is 9.59 Å². The van der Waals surface area contributed by atoms with Crippen molar-refractivity contribution in [2.24, 2.45) is 35.0 Å². The minimum absolute atomic E-state index is 0.0437. The maximum atomic E-state index is 12.2. The normalized spacial score (nSPS) is 51.8. The molecule has 3 fully saturated rings. The first-order valence-corrected chi connectivity index (χ1v) is 9.31. The summed E-state index contributed by atoms with van der Waals surface area (Å²) in [5.41, 5.74) is -1.36. The van der Waals surface area contributed by atoms with Gasteiger partial charge >= 0.3 is 0 Å². The molecule has 0 amide bonds. The van der Waals surface area contributed by atoms with E-state index < -0.39 is 5.60 Å². The molecule has 3 heteroatoms. The van der Waals surface area contributed by atoms with Gasteiger partial charge < -0.3 is 5.11 Å². The highest BCUT2D eigenvalue weighted by molar-refractivity contribution is 5.90. The molecule has 0 heterocycles. The molecule has 0 bridgehead atoms. The summed E-state index contributed by atoms with van der Waals surface area (Å²) < 4.78 is 0. The van der Waals surface area contributed by atoms with Crippen LogP contribution >= 0.6 is 0 Å². The molecule has 0 radical (unpaired) electrons. The minimum atomic E-state index is -1.11. The summed E-state index contributed by atoms with van der Waals surface area (Å²) >= 11 is 0. The first kappa shape index (κ1) is 15.6. The Kier molecular flexibility index (Phi) is 3.39.